The van der Waals surface area contributed by atoms with E-state index in [1.807, 2.05) is 28.7 Å². The highest BCUT2D eigenvalue weighted by Crippen LogP contribution is 2.33. The predicted octanol–water partition coefficient (Wildman–Crippen LogP) is 4.51. The van der Waals surface area contributed by atoms with E-state index in [1.54, 1.807) is 0 Å². The first-order chi connectivity index (χ1) is 6.79. The van der Waals surface area contributed by atoms with Crippen molar-refractivity contribution < 1.29 is 0 Å². The van der Waals surface area contributed by atoms with Gasteiger partial charge in [0, 0.05) is 19.5 Å². The first-order valence-electron chi connectivity index (χ1n) is 4.56. The fourth-order valence-corrected chi connectivity index (χ4v) is 3.29. The molecule has 0 aromatic carbocycles. The van der Waals surface area contributed by atoms with Crippen molar-refractivity contribution in [2.75, 3.05) is 0 Å². The van der Waals surface area contributed by atoms with Crippen LogP contribution < -0.4 is 0 Å². The highest BCUT2D eigenvalue weighted by molar-refractivity contribution is 7.22. The molecule has 0 nitrogen and oxygen atoms in total. The standard InChI is InChI=1S/C12H12S2/c1-3-4-10-6-8-12(14-10)11-7-5-9(2)13-11/h3,5-8H,1,4H2,2H3. The molecule has 0 saturated heterocycles. The maximum absolute atomic E-state index is 3.75. The molecule has 0 saturated carbocycles. The van der Waals surface area contributed by atoms with E-state index >= 15 is 0 Å². The summed E-state index contributed by atoms with van der Waals surface area (Å²) in [4.78, 5) is 5.52. The molecule has 2 aromatic rings. The van der Waals surface area contributed by atoms with E-state index in [0.717, 1.165) is 6.42 Å². The number of hydrogen-bond acceptors (Lipinski definition) is 2. The molecule has 0 radical (unpaired) electrons. The first-order valence-corrected chi connectivity index (χ1v) is 6.19. The van der Waals surface area contributed by atoms with Crippen molar-refractivity contribution in [3.8, 4) is 9.75 Å². The van der Waals surface area contributed by atoms with Crippen molar-refractivity contribution in [1.82, 2.24) is 0 Å². The van der Waals surface area contributed by atoms with Crippen LogP contribution in [0.15, 0.2) is 36.9 Å². The second-order valence-electron chi connectivity index (χ2n) is 3.17. The molecule has 0 atom stereocenters. The van der Waals surface area contributed by atoms with Gasteiger partial charge in [-0.05, 0) is 37.6 Å². The zero-order valence-corrected chi connectivity index (χ0v) is 9.75. The Kier molecular flexibility index (Phi) is 2.85. The Bertz CT molecular complexity index is 435. The molecule has 2 aromatic heterocycles. The van der Waals surface area contributed by atoms with E-state index in [2.05, 4.69) is 37.8 Å². The maximum Gasteiger partial charge on any atom is 0.0445 e. The molecule has 0 spiro atoms. The van der Waals surface area contributed by atoms with E-state index in [1.165, 1.54) is 19.5 Å². The number of hydrogen-bond donors (Lipinski definition) is 0. The molecular weight excluding hydrogens is 208 g/mol. The fraction of sp³-hybridized carbons (Fsp3) is 0.167. The Morgan fingerprint density at radius 3 is 2.50 bits per heavy atom. The minimum absolute atomic E-state index is 0.981. The Labute approximate surface area is 92.5 Å². The van der Waals surface area contributed by atoms with E-state index in [0.29, 0.717) is 0 Å². The Morgan fingerprint density at radius 1 is 1.14 bits per heavy atom. The van der Waals surface area contributed by atoms with Gasteiger partial charge in [-0.15, -0.1) is 29.3 Å². The van der Waals surface area contributed by atoms with E-state index < -0.39 is 0 Å². The van der Waals surface area contributed by atoms with Crippen LogP contribution in [0.4, 0.5) is 0 Å². The van der Waals surface area contributed by atoms with E-state index in [9.17, 15) is 0 Å². The SMILES string of the molecule is C=CCc1ccc(-c2ccc(C)s2)s1. The third-order valence-corrected chi connectivity index (χ3v) is 4.29. The normalized spacial score (nSPS) is 10.4. The van der Waals surface area contributed by atoms with Crippen LogP contribution in [-0.2, 0) is 6.42 Å². The van der Waals surface area contributed by atoms with Crippen molar-refractivity contribution in [3.05, 3.63) is 46.7 Å². The molecular formula is C12H12S2. The molecule has 0 N–H and O–H groups in total. The van der Waals surface area contributed by atoms with Crippen LogP contribution in [0.25, 0.3) is 9.75 Å². The minimum atomic E-state index is 0.981. The van der Waals surface area contributed by atoms with Crippen molar-refractivity contribution in [2.45, 2.75) is 13.3 Å². The third kappa shape index (κ3) is 1.97. The molecule has 0 unspecified atom stereocenters. The zero-order valence-electron chi connectivity index (χ0n) is 8.12. The van der Waals surface area contributed by atoms with Gasteiger partial charge in [0.1, 0.15) is 0 Å². The molecule has 0 fully saturated rings. The molecule has 2 heterocycles. The third-order valence-electron chi connectivity index (χ3n) is 1.99. The Hall–Kier alpha value is -0.860. The van der Waals surface area contributed by atoms with Gasteiger partial charge in [-0.1, -0.05) is 6.08 Å². The van der Waals surface area contributed by atoms with Crippen molar-refractivity contribution in [1.29, 1.82) is 0 Å². The maximum atomic E-state index is 3.75. The van der Waals surface area contributed by atoms with Crippen molar-refractivity contribution >= 4 is 22.7 Å². The molecule has 14 heavy (non-hydrogen) atoms. The van der Waals surface area contributed by atoms with Crippen molar-refractivity contribution in [2.24, 2.45) is 0 Å². The summed E-state index contributed by atoms with van der Waals surface area (Å²) in [5, 5.41) is 0. The second-order valence-corrected chi connectivity index (χ2v) is 5.63. The molecule has 0 aliphatic heterocycles. The largest absolute Gasteiger partial charge is 0.140 e. The summed E-state index contributed by atoms with van der Waals surface area (Å²) in [6.45, 7) is 5.90. The highest BCUT2D eigenvalue weighted by atomic mass is 32.1. The van der Waals surface area contributed by atoms with Gasteiger partial charge in [-0.2, -0.15) is 0 Å². The number of thiophene rings is 2. The minimum Gasteiger partial charge on any atom is -0.140 e. The second kappa shape index (κ2) is 4.11. The number of allylic oxidation sites excluding steroid dienone is 1. The van der Waals surface area contributed by atoms with Crippen LogP contribution in [0.3, 0.4) is 0 Å². The zero-order chi connectivity index (χ0) is 9.97. The molecule has 0 aliphatic carbocycles. The van der Waals surface area contributed by atoms with Gasteiger partial charge in [-0.3, -0.25) is 0 Å². The van der Waals surface area contributed by atoms with E-state index in [-0.39, 0.29) is 0 Å². The lowest BCUT2D eigenvalue weighted by atomic mass is 10.3. The van der Waals surface area contributed by atoms with Gasteiger partial charge < -0.3 is 0 Å². The van der Waals surface area contributed by atoms with Gasteiger partial charge in [0.2, 0.25) is 0 Å². The average molecular weight is 220 g/mol. The van der Waals surface area contributed by atoms with Gasteiger partial charge in [0.15, 0.2) is 0 Å². The molecule has 0 amide bonds. The monoisotopic (exact) mass is 220 g/mol. The van der Waals surface area contributed by atoms with Crippen LogP contribution in [-0.4, -0.2) is 0 Å². The quantitative estimate of drug-likeness (QED) is 0.667. The van der Waals surface area contributed by atoms with Gasteiger partial charge in [-0.25, -0.2) is 0 Å². The summed E-state index contributed by atoms with van der Waals surface area (Å²) in [5.41, 5.74) is 0. The van der Waals surface area contributed by atoms with Crippen molar-refractivity contribution in [3.63, 3.8) is 0 Å². The summed E-state index contributed by atoms with van der Waals surface area (Å²) in [6, 6.07) is 8.77. The molecule has 2 heteroatoms. The van der Waals surface area contributed by atoms with Crippen LogP contribution in [0.5, 0.6) is 0 Å². The van der Waals surface area contributed by atoms with Crippen LogP contribution in [0, 0.1) is 6.92 Å². The van der Waals surface area contributed by atoms with E-state index in [4.69, 9.17) is 0 Å². The first kappa shape index (κ1) is 9.69. The Balaban J connectivity index is 2.28. The lowest BCUT2D eigenvalue weighted by molar-refractivity contribution is 1.36. The highest BCUT2D eigenvalue weighted by Gasteiger charge is 2.03. The van der Waals surface area contributed by atoms with Crippen LogP contribution >= 0.6 is 22.7 Å². The van der Waals surface area contributed by atoms with Crippen LogP contribution in [0.2, 0.25) is 0 Å². The Morgan fingerprint density at radius 2 is 1.86 bits per heavy atom. The number of rotatable bonds is 3. The fourth-order valence-electron chi connectivity index (χ4n) is 1.33. The molecule has 0 bridgehead atoms. The molecule has 2 rings (SSSR count). The summed E-state index contributed by atoms with van der Waals surface area (Å²) in [6.07, 6.45) is 2.93. The molecule has 0 aliphatic rings. The summed E-state index contributed by atoms with van der Waals surface area (Å²) in [7, 11) is 0. The summed E-state index contributed by atoms with van der Waals surface area (Å²) in [5.74, 6) is 0. The summed E-state index contributed by atoms with van der Waals surface area (Å²) < 4.78 is 0. The average Bonchev–Trinajstić information content (AvgIpc) is 2.74. The van der Waals surface area contributed by atoms with Gasteiger partial charge >= 0.3 is 0 Å². The topological polar surface area (TPSA) is 0 Å². The summed E-state index contributed by atoms with van der Waals surface area (Å²) >= 11 is 3.72. The van der Waals surface area contributed by atoms with Gasteiger partial charge in [0.25, 0.3) is 0 Å². The molecule has 72 valence electrons. The smallest absolute Gasteiger partial charge is 0.0445 e. The lowest BCUT2D eigenvalue weighted by Crippen LogP contribution is -1.67. The van der Waals surface area contributed by atoms with Crippen LogP contribution in [0.1, 0.15) is 9.75 Å². The predicted molar refractivity (Wildman–Crippen MR) is 66.3 cm³/mol. The van der Waals surface area contributed by atoms with Gasteiger partial charge in [0.05, 0.1) is 0 Å². The lowest BCUT2D eigenvalue weighted by Gasteiger charge is -1.89. The number of aryl methyl sites for hydroxylation is 1.